The van der Waals surface area contributed by atoms with Gasteiger partial charge in [-0.1, -0.05) is 6.07 Å². The maximum absolute atomic E-state index is 12.7. The van der Waals surface area contributed by atoms with Crippen molar-refractivity contribution in [3.63, 3.8) is 0 Å². The number of aromatic nitrogens is 3. The Labute approximate surface area is 176 Å². The van der Waals surface area contributed by atoms with Crippen LogP contribution in [0.3, 0.4) is 0 Å². The average molecular weight is 408 g/mol. The van der Waals surface area contributed by atoms with Gasteiger partial charge in [-0.05, 0) is 70.2 Å². The van der Waals surface area contributed by atoms with Crippen molar-refractivity contribution in [1.82, 2.24) is 30.3 Å². The van der Waals surface area contributed by atoms with Gasteiger partial charge in [0.15, 0.2) is 0 Å². The van der Waals surface area contributed by atoms with Crippen LogP contribution in [0, 0.1) is 6.92 Å². The van der Waals surface area contributed by atoms with Crippen molar-refractivity contribution < 1.29 is 4.79 Å². The number of carbonyl (C=O) groups excluding carboxylic acids is 1. The van der Waals surface area contributed by atoms with Crippen LogP contribution in [0.25, 0.3) is 11.0 Å². The summed E-state index contributed by atoms with van der Waals surface area (Å²) < 4.78 is 2.24. The fourth-order valence-corrected chi connectivity index (χ4v) is 3.91. The molecule has 3 aromatic rings. The molecule has 1 aliphatic heterocycles. The van der Waals surface area contributed by atoms with Crippen molar-refractivity contribution in [3.8, 4) is 0 Å². The van der Waals surface area contributed by atoms with Crippen LogP contribution in [-0.4, -0.2) is 52.0 Å². The summed E-state index contributed by atoms with van der Waals surface area (Å²) in [7, 11) is 4.17. The highest BCUT2D eigenvalue weighted by Crippen LogP contribution is 2.24. The summed E-state index contributed by atoms with van der Waals surface area (Å²) >= 11 is 0. The van der Waals surface area contributed by atoms with E-state index in [0.717, 1.165) is 47.6 Å². The summed E-state index contributed by atoms with van der Waals surface area (Å²) in [5, 5.41) is 3.02. The zero-order valence-corrected chi connectivity index (χ0v) is 17.7. The third-order valence-electron chi connectivity index (χ3n) is 5.50. The van der Waals surface area contributed by atoms with E-state index in [1.807, 2.05) is 43.5 Å². The van der Waals surface area contributed by atoms with Crippen molar-refractivity contribution in [2.75, 3.05) is 26.0 Å². The minimum absolute atomic E-state index is 0.0598. The van der Waals surface area contributed by atoms with Crippen LogP contribution in [-0.2, 0) is 11.3 Å². The Bertz CT molecular complexity index is 1020. The zero-order valence-electron chi connectivity index (χ0n) is 17.7. The first kappa shape index (κ1) is 20.5. The van der Waals surface area contributed by atoms with E-state index in [9.17, 15) is 4.79 Å². The third-order valence-corrected chi connectivity index (χ3v) is 5.50. The molecule has 0 aliphatic carbocycles. The number of benzene rings is 1. The highest BCUT2D eigenvalue weighted by Gasteiger charge is 2.30. The first-order chi connectivity index (χ1) is 14.5. The molecule has 8 heteroatoms. The Morgan fingerprint density at radius 2 is 2.17 bits per heavy atom. The van der Waals surface area contributed by atoms with Gasteiger partial charge in [-0.25, -0.2) is 15.8 Å². The number of imidazole rings is 1. The number of hydrogen-bond acceptors (Lipinski definition) is 6. The summed E-state index contributed by atoms with van der Waals surface area (Å²) in [5.41, 5.74) is 10.1. The van der Waals surface area contributed by atoms with E-state index in [2.05, 4.69) is 44.7 Å². The topological polar surface area (TPSA) is 87.1 Å². The van der Waals surface area contributed by atoms with Crippen molar-refractivity contribution in [3.05, 3.63) is 54.1 Å². The van der Waals surface area contributed by atoms with Gasteiger partial charge in [-0.3, -0.25) is 9.78 Å². The van der Waals surface area contributed by atoms with Gasteiger partial charge in [-0.15, -0.1) is 0 Å². The number of amides is 1. The molecule has 1 saturated heterocycles. The Kier molecular flexibility index (Phi) is 6.08. The SMILES string of the molecule is Cc1nc2cc(NC(=O)C3CC(c4cccnc4)NN3)ccc2n1CCCN(C)C. The van der Waals surface area contributed by atoms with E-state index in [1.54, 1.807) is 6.20 Å². The van der Waals surface area contributed by atoms with Crippen molar-refractivity contribution in [2.45, 2.75) is 38.4 Å². The molecule has 1 aliphatic rings. The Balaban J connectivity index is 1.41. The molecular weight excluding hydrogens is 378 g/mol. The van der Waals surface area contributed by atoms with E-state index in [1.165, 1.54) is 0 Å². The maximum atomic E-state index is 12.7. The second kappa shape index (κ2) is 8.91. The predicted molar refractivity (Wildman–Crippen MR) is 118 cm³/mol. The number of hydrazine groups is 1. The van der Waals surface area contributed by atoms with Gasteiger partial charge in [0.25, 0.3) is 0 Å². The standard InChI is InChI=1S/C22H29N7O/c1-15-24-19-12-17(7-8-21(19)29(15)11-5-10-28(2)3)25-22(30)20-13-18(26-27-20)16-6-4-9-23-14-16/h4,6-9,12,14,18,20,26-27H,5,10-11,13H2,1-3H3,(H,25,30). The molecule has 3 N–H and O–H groups in total. The highest BCUT2D eigenvalue weighted by atomic mass is 16.2. The lowest BCUT2D eigenvalue weighted by atomic mass is 10.0. The molecule has 1 fully saturated rings. The van der Waals surface area contributed by atoms with Crippen molar-refractivity contribution >= 4 is 22.6 Å². The average Bonchev–Trinajstić information content (AvgIpc) is 3.33. The molecule has 0 bridgehead atoms. The number of nitrogens with one attached hydrogen (secondary N) is 3. The molecule has 2 aromatic heterocycles. The normalized spacial score (nSPS) is 18.9. The smallest absolute Gasteiger partial charge is 0.242 e. The lowest BCUT2D eigenvalue weighted by Crippen LogP contribution is -2.39. The van der Waals surface area contributed by atoms with Crippen LogP contribution in [0.1, 0.15) is 30.3 Å². The Morgan fingerprint density at radius 3 is 2.93 bits per heavy atom. The van der Waals surface area contributed by atoms with Gasteiger partial charge < -0.3 is 14.8 Å². The zero-order chi connectivity index (χ0) is 21.1. The lowest BCUT2D eigenvalue weighted by Gasteiger charge is -2.12. The van der Waals surface area contributed by atoms with Crippen molar-refractivity contribution in [2.24, 2.45) is 0 Å². The minimum atomic E-state index is -0.309. The summed E-state index contributed by atoms with van der Waals surface area (Å²) in [6, 6.07) is 9.61. The van der Waals surface area contributed by atoms with E-state index in [4.69, 9.17) is 4.98 Å². The predicted octanol–water partition coefficient (Wildman–Crippen LogP) is 2.24. The Hall–Kier alpha value is -2.81. The lowest BCUT2D eigenvalue weighted by molar-refractivity contribution is -0.117. The first-order valence-corrected chi connectivity index (χ1v) is 10.3. The summed E-state index contributed by atoms with van der Waals surface area (Å²) in [4.78, 5) is 23.8. The molecule has 8 nitrogen and oxygen atoms in total. The van der Waals surface area contributed by atoms with Crippen molar-refractivity contribution in [1.29, 1.82) is 0 Å². The van der Waals surface area contributed by atoms with Gasteiger partial charge in [0.1, 0.15) is 11.9 Å². The van der Waals surface area contributed by atoms with Crippen LogP contribution >= 0.6 is 0 Å². The number of hydrogen-bond donors (Lipinski definition) is 3. The van der Waals surface area contributed by atoms with Crippen LogP contribution in [0.15, 0.2) is 42.7 Å². The monoisotopic (exact) mass is 407 g/mol. The fourth-order valence-electron chi connectivity index (χ4n) is 3.91. The molecule has 158 valence electrons. The number of pyridine rings is 1. The fraction of sp³-hybridized carbons (Fsp3) is 0.409. The first-order valence-electron chi connectivity index (χ1n) is 10.3. The molecule has 30 heavy (non-hydrogen) atoms. The second-order valence-corrected chi connectivity index (χ2v) is 8.08. The van der Waals surface area contributed by atoms with E-state index < -0.39 is 0 Å². The summed E-state index contributed by atoms with van der Waals surface area (Å²) in [6.07, 6.45) is 5.30. The largest absolute Gasteiger partial charge is 0.328 e. The molecule has 0 radical (unpaired) electrons. The van der Waals surface area contributed by atoms with Crippen LogP contribution in [0.4, 0.5) is 5.69 Å². The van der Waals surface area contributed by atoms with Gasteiger partial charge in [0.05, 0.1) is 11.0 Å². The quantitative estimate of drug-likeness (QED) is 0.557. The molecular formula is C22H29N7O. The number of rotatable bonds is 7. The molecule has 2 atom stereocenters. The molecule has 1 aromatic carbocycles. The van der Waals surface area contributed by atoms with Crippen LogP contribution < -0.4 is 16.2 Å². The van der Waals surface area contributed by atoms with E-state index in [0.29, 0.717) is 6.42 Å². The molecule has 2 unspecified atom stereocenters. The highest BCUT2D eigenvalue weighted by molar-refractivity contribution is 5.96. The second-order valence-electron chi connectivity index (χ2n) is 8.08. The molecule has 1 amide bonds. The summed E-state index contributed by atoms with van der Waals surface area (Å²) in [5.74, 6) is 0.934. The van der Waals surface area contributed by atoms with Gasteiger partial charge in [0.2, 0.25) is 5.91 Å². The van der Waals surface area contributed by atoms with Gasteiger partial charge >= 0.3 is 0 Å². The van der Waals surface area contributed by atoms with Gasteiger partial charge in [0, 0.05) is 30.7 Å². The maximum Gasteiger partial charge on any atom is 0.242 e. The van der Waals surface area contributed by atoms with E-state index in [-0.39, 0.29) is 18.0 Å². The number of anilines is 1. The summed E-state index contributed by atoms with van der Waals surface area (Å²) in [6.45, 7) is 4.00. The third kappa shape index (κ3) is 4.51. The van der Waals surface area contributed by atoms with Crippen LogP contribution in [0.2, 0.25) is 0 Å². The molecule has 4 rings (SSSR count). The number of carbonyl (C=O) groups is 1. The number of nitrogens with zero attached hydrogens (tertiary/aromatic N) is 4. The van der Waals surface area contributed by atoms with E-state index >= 15 is 0 Å². The van der Waals surface area contributed by atoms with Crippen LogP contribution in [0.5, 0.6) is 0 Å². The molecule has 0 spiro atoms. The number of fused-ring (bicyclic) bond motifs is 1. The molecule has 3 heterocycles. The molecule has 0 saturated carbocycles. The Morgan fingerprint density at radius 1 is 1.30 bits per heavy atom. The van der Waals surface area contributed by atoms with Gasteiger partial charge in [-0.2, -0.15) is 0 Å². The minimum Gasteiger partial charge on any atom is -0.328 e. The number of aryl methyl sites for hydroxylation is 2.